The van der Waals surface area contributed by atoms with E-state index in [2.05, 4.69) is 0 Å². The smallest absolute Gasteiger partial charge is 0.258 e. The number of allylic oxidation sites excluding steroid dienone is 2. The van der Waals surface area contributed by atoms with Crippen molar-refractivity contribution in [1.82, 2.24) is 0 Å². The number of nitrogens with zero attached hydrogens (tertiary/aromatic N) is 1. The van der Waals surface area contributed by atoms with Gasteiger partial charge in [0.25, 0.3) is 0 Å². The fourth-order valence-corrected chi connectivity index (χ4v) is 4.79. The fourth-order valence-electron chi connectivity index (χ4n) is 3.82. The molecule has 1 saturated carbocycles. The zero-order chi connectivity index (χ0) is 19.8. The van der Waals surface area contributed by atoms with Gasteiger partial charge in [-0.05, 0) is 48.8 Å². The molecule has 3 nitrogen and oxygen atoms in total. The molecule has 0 N–H and O–H groups in total. The molecule has 1 aliphatic carbocycles. The summed E-state index contributed by atoms with van der Waals surface area (Å²) in [5.74, 6) is 0.0545. The summed E-state index contributed by atoms with van der Waals surface area (Å²) in [5.41, 5.74) is -2.03. The monoisotopic (exact) mass is 399 g/mol. The summed E-state index contributed by atoms with van der Waals surface area (Å²) < 4.78 is 65.5. The molecule has 1 aromatic rings. The first-order valence-electron chi connectivity index (χ1n) is 9.24. The summed E-state index contributed by atoms with van der Waals surface area (Å²) in [6, 6.07) is 6.47. The number of alkyl halides is 3. The molecule has 1 aromatic carbocycles. The quantitative estimate of drug-likeness (QED) is 0.644. The zero-order valence-electron chi connectivity index (χ0n) is 15.5. The van der Waals surface area contributed by atoms with Crippen LogP contribution in [0.3, 0.4) is 0 Å². The maximum atomic E-state index is 13.4. The van der Waals surface area contributed by atoms with Gasteiger partial charge in [0.2, 0.25) is 0 Å². The molecule has 1 aliphatic heterocycles. The Morgan fingerprint density at radius 2 is 1.67 bits per heavy atom. The first-order valence-corrected chi connectivity index (χ1v) is 10.7. The lowest BCUT2D eigenvalue weighted by atomic mass is 9.88. The molecule has 0 amide bonds. The maximum Gasteiger partial charge on any atom is 0.516 e. The Balaban J connectivity index is 2.25. The Morgan fingerprint density at radius 1 is 1.04 bits per heavy atom. The van der Waals surface area contributed by atoms with Crippen LogP contribution in [0.1, 0.15) is 51.5 Å². The molecular formula is C20H24F3NO2S. The summed E-state index contributed by atoms with van der Waals surface area (Å²) in [5, 5.41) is 0. The van der Waals surface area contributed by atoms with Crippen molar-refractivity contribution in [1.29, 1.82) is 0 Å². The van der Waals surface area contributed by atoms with E-state index in [-0.39, 0.29) is 18.2 Å². The second kappa shape index (κ2) is 7.34. The minimum absolute atomic E-state index is 0.0545. The summed E-state index contributed by atoms with van der Waals surface area (Å²) in [6.45, 7) is 3.67. The Morgan fingerprint density at radius 3 is 2.26 bits per heavy atom. The number of anilines is 1. The highest BCUT2D eigenvalue weighted by atomic mass is 32.2. The third-order valence-corrected chi connectivity index (χ3v) is 6.73. The van der Waals surface area contributed by atoms with Crippen LogP contribution in [0.5, 0.6) is 0 Å². The van der Waals surface area contributed by atoms with E-state index in [1.807, 2.05) is 19.9 Å². The van der Waals surface area contributed by atoms with E-state index in [0.29, 0.717) is 15.4 Å². The molecule has 0 spiro atoms. The van der Waals surface area contributed by atoms with Crippen LogP contribution in [0, 0.1) is 5.92 Å². The highest BCUT2D eigenvalue weighted by Gasteiger charge is 2.51. The molecule has 1 fully saturated rings. The normalized spacial score (nSPS) is 19.0. The van der Waals surface area contributed by atoms with Crippen molar-refractivity contribution in [2.75, 3.05) is 10.8 Å². The summed E-state index contributed by atoms with van der Waals surface area (Å²) >= 11 is 0. The highest BCUT2D eigenvalue weighted by molar-refractivity contribution is 7.93. The molecule has 148 valence electrons. The van der Waals surface area contributed by atoms with Crippen molar-refractivity contribution in [2.45, 2.75) is 51.5 Å². The second-order valence-corrected chi connectivity index (χ2v) is 9.27. The van der Waals surface area contributed by atoms with Crippen LogP contribution in [0.15, 0.2) is 41.5 Å². The van der Waals surface area contributed by atoms with Gasteiger partial charge in [-0.1, -0.05) is 50.1 Å². The van der Waals surface area contributed by atoms with Gasteiger partial charge >= 0.3 is 15.5 Å². The molecule has 3 rings (SSSR count). The van der Waals surface area contributed by atoms with Gasteiger partial charge in [0.1, 0.15) is 0 Å². The number of hydrogen-bond acceptors (Lipinski definition) is 2. The molecule has 0 unspecified atom stereocenters. The number of halogens is 3. The summed E-state index contributed by atoms with van der Waals surface area (Å²) in [4.78, 5) is 0. The molecule has 7 heteroatoms. The van der Waals surface area contributed by atoms with Crippen molar-refractivity contribution in [3.63, 3.8) is 0 Å². The molecule has 2 aliphatic rings. The lowest BCUT2D eigenvalue weighted by molar-refractivity contribution is -0.0437. The molecule has 27 heavy (non-hydrogen) atoms. The Bertz CT molecular complexity index is 875. The zero-order valence-corrected chi connectivity index (χ0v) is 16.3. The minimum atomic E-state index is -5.49. The predicted molar refractivity (Wildman–Crippen MR) is 102 cm³/mol. The van der Waals surface area contributed by atoms with Crippen molar-refractivity contribution < 1.29 is 21.6 Å². The lowest BCUT2D eigenvalue weighted by Gasteiger charge is -2.27. The van der Waals surface area contributed by atoms with Crippen molar-refractivity contribution in [2.24, 2.45) is 5.92 Å². The average molecular weight is 399 g/mol. The third-order valence-electron chi connectivity index (χ3n) is 5.24. The summed E-state index contributed by atoms with van der Waals surface area (Å²) in [7, 11) is -5.49. The molecule has 0 aromatic heterocycles. The van der Waals surface area contributed by atoms with Crippen molar-refractivity contribution in [3.8, 4) is 0 Å². The lowest BCUT2D eigenvalue weighted by Crippen LogP contribution is -2.42. The summed E-state index contributed by atoms with van der Waals surface area (Å²) in [6.07, 6.45) is 6.63. The van der Waals surface area contributed by atoms with E-state index in [1.165, 1.54) is 6.07 Å². The third kappa shape index (κ3) is 3.79. The highest BCUT2D eigenvalue weighted by Crippen LogP contribution is 2.41. The number of hydrogen-bond donors (Lipinski definition) is 0. The van der Waals surface area contributed by atoms with E-state index in [0.717, 1.165) is 43.3 Å². The first-order chi connectivity index (χ1) is 12.6. The number of rotatable bonds is 2. The van der Waals surface area contributed by atoms with Crippen LogP contribution >= 0.6 is 0 Å². The SMILES string of the molecule is CC(C)C1=CC(=C2CCCCC2)CN(S(=O)(=O)C(F)(F)F)c2ccccc21. The standard InChI is InChI=1S/C20H24F3NO2S/c1-14(2)18-12-16(15-8-4-3-5-9-15)13-24(27(25,26)20(21,22)23)19-11-7-6-10-17(18)19/h6-7,10-12,14H,3-5,8-9,13H2,1-2H3. The average Bonchev–Trinajstić information content (AvgIpc) is 2.79. The topological polar surface area (TPSA) is 37.4 Å². The molecular weight excluding hydrogens is 375 g/mol. The van der Waals surface area contributed by atoms with Gasteiger partial charge in [-0.25, -0.2) is 0 Å². The van der Waals surface area contributed by atoms with Crippen LogP contribution in [0.4, 0.5) is 18.9 Å². The Labute approximate surface area is 158 Å². The van der Waals surface area contributed by atoms with Gasteiger partial charge in [0.05, 0.1) is 12.2 Å². The number of para-hydroxylation sites is 1. The van der Waals surface area contributed by atoms with E-state index in [4.69, 9.17) is 0 Å². The van der Waals surface area contributed by atoms with E-state index >= 15 is 0 Å². The fraction of sp³-hybridized carbons (Fsp3) is 0.500. The van der Waals surface area contributed by atoms with E-state index in [9.17, 15) is 21.6 Å². The molecule has 0 atom stereocenters. The van der Waals surface area contributed by atoms with Gasteiger partial charge in [0, 0.05) is 5.56 Å². The van der Waals surface area contributed by atoms with Gasteiger partial charge in [-0.15, -0.1) is 0 Å². The second-order valence-electron chi connectivity index (χ2n) is 7.42. The van der Waals surface area contributed by atoms with E-state index < -0.39 is 15.5 Å². The van der Waals surface area contributed by atoms with Gasteiger partial charge in [0.15, 0.2) is 0 Å². The molecule has 0 radical (unpaired) electrons. The number of fused-ring (bicyclic) bond motifs is 1. The van der Waals surface area contributed by atoms with Crippen molar-refractivity contribution in [3.05, 3.63) is 47.1 Å². The molecule has 0 saturated heterocycles. The maximum absolute atomic E-state index is 13.4. The van der Waals surface area contributed by atoms with E-state index in [1.54, 1.807) is 18.2 Å². The minimum Gasteiger partial charge on any atom is -0.258 e. The van der Waals surface area contributed by atoms with Crippen molar-refractivity contribution >= 4 is 21.3 Å². The van der Waals surface area contributed by atoms with Crippen LogP contribution in [0.2, 0.25) is 0 Å². The Kier molecular flexibility index (Phi) is 5.43. The van der Waals surface area contributed by atoms with Crippen LogP contribution in [-0.2, 0) is 10.0 Å². The molecule has 0 bridgehead atoms. The number of sulfonamides is 1. The van der Waals surface area contributed by atoms with Crippen LogP contribution in [0.25, 0.3) is 5.57 Å². The predicted octanol–water partition coefficient (Wildman–Crippen LogP) is 5.66. The first kappa shape index (κ1) is 20.0. The molecule has 1 heterocycles. The Hall–Kier alpha value is -1.76. The van der Waals surface area contributed by atoms with Gasteiger partial charge < -0.3 is 0 Å². The van der Waals surface area contributed by atoms with Crippen LogP contribution < -0.4 is 4.31 Å². The number of benzene rings is 1. The van der Waals surface area contributed by atoms with Gasteiger partial charge in [-0.2, -0.15) is 21.6 Å². The van der Waals surface area contributed by atoms with Gasteiger partial charge in [-0.3, -0.25) is 4.31 Å². The largest absolute Gasteiger partial charge is 0.516 e. The van der Waals surface area contributed by atoms with Crippen LogP contribution in [-0.4, -0.2) is 20.5 Å².